The van der Waals surface area contributed by atoms with Crippen molar-refractivity contribution in [2.24, 2.45) is 0 Å². The van der Waals surface area contributed by atoms with Crippen LogP contribution < -0.4 is 10.6 Å². The van der Waals surface area contributed by atoms with Crippen molar-refractivity contribution in [3.05, 3.63) is 0 Å². The highest BCUT2D eigenvalue weighted by atomic mass is 16.2. The van der Waals surface area contributed by atoms with Crippen LogP contribution in [0.25, 0.3) is 0 Å². The van der Waals surface area contributed by atoms with Crippen LogP contribution in [-0.2, 0) is 4.79 Å². The summed E-state index contributed by atoms with van der Waals surface area (Å²) in [5.41, 5.74) is -0.548. The third kappa shape index (κ3) is 2.51. The standard InChI is InChI=1S/C13H23N3O2/c1-2-8-14-9-5-10-16-11(17)13(15-12(16)18)6-3-4-7-13/h14H,2-10H2,1H3,(H,15,18). The van der Waals surface area contributed by atoms with Gasteiger partial charge in [-0.05, 0) is 38.8 Å². The zero-order valence-electron chi connectivity index (χ0n) is 11.1. The summed E-state index contributed by atoms with van der Waals surface area (Å²) >= 11 is 0. The summed E-state index contributed by atoms with van der Waals surface area (Å²) < 4.78 is 0. The molecule has 0 aromatic heterocycles. The molecular weight excluding hydrogens is 230 g/mol. The Hall–Kier alpha value is -1.10. The van der Waals surface area contributed by atoms with Crippen LogP contribution >= 0.6 is 0 Å². The Morgan fingerprint density at radius 1 is 1.28 bits per heavy atom. The first-order chi connectivity index (χ1) is 8.69. The number of hydrogen-bond donors (Lipinski definition) is 2. The molecule has 0 atom stereocenters. The molecule has 1 saturated carbocycles. The molecule has 1 heterocycles. The van der Waals surface area contributed by atoms with Gasteiger partial charge in [-0.25, -0.2) is 4.79 Å². The molecule has 0 aromatic carbocycles. The smallest absolute Gasteiger partial charge is 0.323 e. The third-order valence-electron chi connectivity index (χ3n) is 3.87. The van der Waals surface area contributed by atoms with Gasteiger partial charge < -0.3 is 10.6 Å². The summed E-state index contributed by atoms with van der Waals surface area (Å²) in [5.74, 6) is 0.000455. The zero-order valence-corrected chi connectivity index (χ0v) is 11.1. The highest BCUT2D eigenvalue weighted by Gasteiger charge is 2.51. The number of rotatable bonds is 6. The first-order valence-corrected chi connectivity index (χ1v) is 7.04. The Morgan fingerprint density at radius 2 is 2.00 bits per heavy atom. The SMILES string of the molecule is CCCNCCCN1C(=O)NC2(CCCC2)C1=O. The van der Waals surface area contributed by atoms with E-state index in [-0.39, 0.29) is 11.9 Å². The number of urea groups is 1. The van der Waals surface area contributed by atoms with E-state index in [1.165, 1.54) is 4.90 Å². The minimum atomic E-state index is -0.548. The van der Waals surface area contributed by atoms with Gasteiger partial charge >= 0.3 is 6.03 Å². The maximum absolute atomic E-state index is 12.3. The van der Waals surface area contributed by atoms with Gasteiger partial charge in [-0.1, -0.05) is 19.8 Å². The maximum Gasteiger partial charge on any atom is 0.325 e. The predicted octanol–water partition coefficient (Wildman–Crippen LogP) is 1.24. The van der Waals surface area contributed by atoms with Crippen molar-refractivity contribution in [1.29, 1.82) is 0 Å². The number of nitrogens with zero attached hydrogens (tertiary/aromatic N) is 1. The van der Waals surface area contributed by atoms with Crippen molar-refractivity contribution in [3.63, 3.8) is 0 Å². The van der Waals surface area contributed by atoms with Crippen molar-refractivity contribution >= 4 is 11.9 Å². The molecule has 0 aromatic rings. The molecule has 3 amide bonds. The second-order valence-corrected chi connectivity index (χ2v) is 5.28. The molecule has 0 radical (unpaired) electrons. The second kappa shape index (κ2) is 5.69. The van der Waals surface area contributed by atoms with E-state index in [4.69, 9.17) is 0 Å². The molecule has 18 heavy (non-hydrogen) atoms. The lowest BCUT2D eigenvalue weighted by atomic mass is 9.98. The van der Waals surface area contributed by atoms with E-state index < -0.39 is 5.54 Å². The molecule has 0 bridgehead atoms. The maximum atomic E-state index is 12.3. The largest absolute Gasteiger partial charge is 0.325 e. The molecule has 102 valence electrons. The van der Waals surface area contributed by atoms with E-state index >= 15 is 0 Å². The van der Waals surface area contributed by atoms with Gasteiger partial charge in [0.2, 0.25) is 0 Å². The lowest BCUT2D eigenvalue weighted by Gasteiger charge is -2.20. The van der Waals surface area contributed by atoms with Gasteiger partial charge in [0.25, 0.3) is 5.91 Å². The van der Waals surface area contributed by atoms with Crippen molar-refractivity contribution in [3.8, 4) is 0 Å². The van der Waals surface area contributed by atoms with E-state index in [2.05, 4.69) is 17.6 Å². The number of amides is 3. The van der Waals surface area contributed by atoms with E-state index in [0.29, 0.717) is 6.54 Å². The number of imide groups is 1. The minimum Gasteiger partial charge on any atom is -0.323 e. The predicted molar refractivity (Wildman–Crippen MR) is 69.2 cm³/mol. The van der Waals surface area contributed by atoms with Crippen LogP contribution in [0.5, 0.6) is 0 Å². The molecule has 0 unspecified atom stereocenters. The van der Waals surface area contributed by atoms with Gasteiger partial charge in [-0.3, -0.25) is 9.69 Å². The molecule has 1 aliphatic carbocycles. The Kier molecular flexibility index (Phi) is 4.22. The van der Waals surface area contributed by atoms with Crippen LogP contribution in [0, 0.1) is 0 Å². The number of nitrogens with one attached hydrogen (secondary N) is 2. The third-order valence-corrected chi connectivity index (χ3v) is 3.87. The minimum absolute atomic E-state index is 0.000455. The fourth-order valence-corrected chi connectivity index (χ4v) is 2.86. The molecule has 5 nitrogen and oxygen atoms in total. The molecule has 2 rings (SSSR count). The van der Waals surface area contributed by atoms with Crippen LogP contribution in [0.2, 0.25) is 0 Å². The quantitative estimate of drug-likeness (QED) is 0.553. The van der Waals surface area contributed by atoms with E-state index in [1.807, 2.05) is 0 Å². The lowest BCUT2D eigenvalue weighted by molar-refractivity contribution is -0.131. The fourth-order valence-electron chi connectivity index (χ4n) is 2.86. The summed E-state index contributed by atoms with van der Waals surface area (Å²) in [4.78, 5) is 25.5. The van der Waals surface area contributed by atoms with Crippen molar-refractivity contribution in [1.82, 2.24) is 15.5 Å². The number of carbonyl (C=O) groups is 2. The number of hydrogen-bond acceptors (Lipinski definition) is 3. The number of carbonyl (C=O) groups excluding carboxylic acids is 2. The van der Waals surface area contributed by atoms with Crippen LogP contribution in [0.15, 0.2) is 0 Å². The Bertz CT molecular complexity index is 324. The molecule has 1 saturated heterocycles. The molecule has 2 aliphatic rings. The molecular formula is C13H23N3O2. The Balaban J connectivity index is 1.82. The average molecular weight is 253 g/mol. The summed E-state index contributed by atoms with van der Waals surface area (Å²) in [7, 11) is 0. The summed E-state index contributed by atoms with van der Waals surface area (Å²) in [6.45, 7) is 4.50. The van der Waals surface area contributed by atoms with Crippen LogP contribution in [0.1, 0.15) is 45.4 Å². The fraction of sp³-hybridized carbons (Fsp3) is 0.846. The first-order valence-electron chi connectivity index (χ1n) is 7.04. The first kappa shape index (κ1) is 13.3. The van der Waals surface area contributed by atoms with Crippen molar-refractivity contribution in [2.45, 2.75) is 51.0 Å². The van der Waals surface area contributed by atoms with Gasteiger partial charge in [-0.15, -0.1) is 0 Å². The monoisotopic (exact) mass is 253 g/mol. The van der Waals surface area contributed by atoms with Gasteiger partial charge in [0.05, 0.1) is 0 Å². The summed E-state index contributed by atoms with van der Waals surface area (Å²) in [5, 5.41) is 6.18. The van der Waals surface area contributed by atoms with Gasteiger partial charge in [0.15, 0.2) is 0 Å². The topological polar surface area (TPSA) is 61.4 Å². The molecule has 1 spiro atoms. The van der Waals surface area contributed by atoms with E-state index in [1.54, 1.807) is 0 Å². The van der Waals surface area contributed by atoms with Crippen molar-refractivity contribution in [2.75, 3.05) is 19.6 Å². The van der Waals surface area contributed by atoms with Gasteiger partial charge in [0, 0.05) is 6.54 Å². The highest BCUT2D eigenvalue weighted by molar-refractivity contribution is 6.07. The normalized spacial score (nSPS) is 21.9. The lowest BCUT2D eigenvalue weighted by Crippen LogP contribution is -2.44. The average Bonchev–Trinajstić information content (AvgIpc) is 2.90. The van der Waals surface area contributed by atoms with E-state index in [0.717, 1.165) is 51.6 Å². The highest BCUT2D eigenvalue weighted by Crippen LogP contribution is 2.34. The molecule has 1 aliphatic heterocycles. The molecule has 5 heteroatoms. The summed E-state index contributed by atoms with van der Waals surface area (Å²) in [6, 6.07) is -0.197. The Morgan fingerprint density at radius 3 is 2.67 bits per heavy atom. The van der Waals surface area contributed by atoms with Crippen LogP contribution in [-0.4, -0.2) is 42.0 Å². The van der Waals surface area contributed by atoms with Gasteiger partial charge in [0.1, 0.15) is 5.54 Å². The van der Waals surface area contributed by atoms with Gasteiger partial charge in [-0.2, -0.15) is 0 Å². The molecule has 2 fully saturated rings. The second-order valence-electron chi connectivity index (χ2n) is 5.28. The van der Waals surface area contributed by atoms with Crippen LogP contribution in [0.3, 0.4) is 0 Å². The van der Waals surface area contributed by atoms with E-state index in [9.17, 15) is 9.59 Å². The Labute approximate surface area is 108 Å². The zero-order chi connectivity index (χ0) is 13.0. The summed E-state index contributed by atoms with van der Waals surface area (Å²) in [6.07, 6.45) is 5.63. The molecule has 2 N–H and O–H groups in total. The van der Waals surface area contributed by atoms with Crippen LogP contribution in [0.4, 0.5) is 4.79 Å². The van der Waals surface area contributed by atoms with Crippen molar-refractivity contribution < 1.29 is 9.59 Å².